The van der Waals surface area contributed by atoms with E-state index in [1.807, 2.05) is 28.8 Å². The van der Waals surface area contributed by atoms with Crippen molar-refractivity contribution in [2.45, 2.75) is 18.9 Å². The standard InChI is InChI=1S/C27H21BrN2O3S2/c1-32-20-13-15(12-19(28)25(20)33-2)14-22-26(31)30-24(21-8-5-11-34-21)18-10-9-16-6-3-4-7-17(16)23(18)29-27(30)35-22/h3-8,11-14,24H,9-10H2,1-2H3/b22-14+/t24-/m0/s1. The summed E-state index contributed by atoms with van der Waals surface area (Å²) in [5.74, 6) is 1.22. The van der Waals surface area contributed by atoms with Crippen LogP contribution in [0.3, 0.4) is 0 Å². The van der Waals surface area contributed by atoms with Crippen molar-refractivity contribution in [3.05, 3.63) is 105 Å². The number of hydrogen-bond acceptors (Lipinski definition) is 6. The summed E-state index contributed by atoms with van der Waals surface area (Å²) >= 11 is 6.67. The number of benzene rings is 2. The first kappa shape index (κ1) is 22.5. The Balaban J connectivity index is 1.58. The lowest BCUT2D eigenvalue weighted by molar-refractivity contribution is 0.353. The zero-order valence-electron chi connectivity index (χ0n) is 19.1. The second-order valence-corrected chi connectivity index (χ2v) is 11.2. The molecule has 0 fully saturated rings. The van der Waals surface area contributed by atoms with Crippen LogP contribution in [0, 0.1) is 0 Å². The lowest BCUT2D eigenvalue weighted by Crippen LogP contribution is -2.38. The first-order valence-corrected chi connectivity index (χ1v) is 13.7. The molecule has 2 aliphatic rings. The van der Waals surface area contributed by atoms with E-state index in [1.54, 1.807) is 25.6 Å². The Hall–Kier alpha value is -2.94. The largest absolute Gasteiger partial charge is 0.493 e. The minimum atomic E-state index is -0.131. The molecule has 0 N–H and O–H groups in total. The van der Waals surface area contributed by atoms with E-state index < -0.39 is 0 Å². The molecular weight excluding hydrogens is 544 g/mol. The molecule has 0 spiro atoms. The lowest BCUT2D eigenvalue weighted by Gasteiger charge is -2.30. The molecule has 6 rings (SSSR count). The summed E-state index contributed by atoms with van der Waals surface area (Å²) in [5.41, 5.74) is 5.56. The third-order valence-electron chi connectivity index (χ3n) is 6.44. The normalized spacial score (nSPS) is 16.9. The number of fused-ring (bicyclic) bond motifs is 3. The van der Waals surface area contributed by atoms with Gasteiger partial charge < -0.3 is 9.47 Å². The summed E-state index contributed by atoms with van der Waals surface area (Å²) in [4.78, 5) is 20.8. The molecule has 0 bridgehead atoms. The molecule has 0 amide bonds. The number of halogens is 1. The third kappa shape index (κ3) is 3.71. The first-order valence-electron chi connectivity index (χ1n) is 11.2. The van der Waals surface area contributed by atoms with Crippen molar-refractivity contribution in [1.29, 1.82) is 0 Å². The van der Waals surface area contributed by atoms with Gasteiger partial charge in [-0.15, -0.1) is 11.3 Å². The Labute approximate surface area is 218 Å². The highest BCUT2D eigenvalue weighted by atomic mass is 79.9. The van der Waals surface area contributed by atoms with Crippen molar-refractivity contribution < 1.29 is 9.47 Å². The molecule has 3 heterocycles. The van der Waals surface area contributed by atoms with E-state index in [1.165, 1.54) is 28.0 Å². The molecule has 1 atom stereocenters. The van der Waals surface area contributed by atoms with E-state index >= 15 is 0 Å². The fourth-order valence-corrected chi connectivity index (χ4v) is 7.36. The molecule has 0 saturated heterocycles. The number of aryl methyl sites for hydroxylation is 1. The van der Waals surface area contributed by atoms with Gasteiger partial charge in [-0.1, -0.05) is 41.7 Å². The molecule has 2 aromatic heterocycles. The van der Waals surface area contributed by atoms with Gasteiger partial charge in [0.1, 0.15) is 0 Å². The maximum atomic E-state index is 13.8. The number of thiazole rings is 1. The lowest BCUT2D eigenvalue weighted by atomic mass is 9.85. The van der Waals surface area contributed by atoms with Crippen molar-refractivity contribution >= 4 is 50.4 Å². The molecule has 1 aliphatic carbocycles. The summed E-state index contributed by atoms with van der Waals surface area (Å²) in [6.07, 6.45) is 3.75. The van der Waals surface area contributed by atoms with Crippen LogP contribution >= 0.6 is 38.6 Å². The van der Waals surface area contributed by atoms with E-state index in [9.17, 15) is 4.79 Å². The van der Waals surface area contributed by atoms with Crippen LogP contribution in [-0.2, 0) is 6.42 Å². The van der Waals surface area contributed by atoms with E-state index in [4.69, 9.17) is 14.5 Å². The van der Waals surface area contributed by atoms with Gasteiger partial charge in [-0.25, -0.2) is 4.99 Å². The first-order chi connectivity index (χ1) is 17.1. The average Bonchev–Trinajstić information content (AvgIpc) is 3.51. The van der Waals surface area contributed by atoms with Crippen LogP contribution in [0.2, 0.25) is 0 Å². The van der Waals surface area contributed by atoms with Crippen LogP contribution in [0.25, 0.3) is 11.8 Å². The number of ether oxygens (including phenoxy) is 2. The van der Waals surface area contributed by atoms with Crippen molar-refractivity contribution in [2.24, 2.45) is 4.99 Å². The zero-order valence-corrected chi connectivity index (χ0v) is 22.3. The second kappa shape index (κ2) is 8.93. The molecule has 4 aromatic rings. The second-order valence-electron chi connectivity index (χ2n) is 8.37. The maximum Gasteiger partial charge on any atom is 0.271 e. The summed E-state index contributed by atoms with van der Waals surface area (Å²) < 4.78 is 14.2. The third-order valence-corrected chi connectivity index (χ3v) is 8.94. The molecule has 5 nitrogen and oxygen atoms in total. The molecule has 2 aromatic carbocycles. The van der Waals surface area contributed by atoms with Crippen LogP contribution in [-0.4, -0.2) is 18.8 Å². The van der Waals surface area contributed by atoms with Gasteiger partial charge in [-0.2, -0.15) is 0 Å². The molecule has 8 heteroatoms. The minimum Gasteiger partial charge on any atom is -0.493 e. The van der Waals surface area contributed by atoms with Crippen molar-refractivity contribution in [3.8, 4) is 11.5 Å². The SMILES string of the molecule is COc1cc(/C=c2/sc3n(c2=O)[C@H](c2cccs2)C2=C(N=3)c3ccccc3CC2)cc(Br)c1OC. The summed E-state index contributed by atoms with van der Waals surface area (Å²) in [5, 5.41) is 2.07. The molecule has 0 unspecified atom stereocenters. The van der Waals surface area contributed by atoms with Crippen molar-refractivity contribution in [1.82, 2.24) is 4.57 Å². The maximum absolute atomic E-state index is 13.8. The van der Waals surface area contributed by atoms with Crippen LogP contribution in [0.4, 0.5) is 0 Å². The molecule has 35 heavy (non-hydrogen) atoms. The number of rotatable bonds is 4. The Morgan fingerprint density at radius 2 is 1.97 bits per heavy atom. The Kier molecular flexibility index (Phi) is 5.75. The van der Waals surface area contributed by atoms with Gasteiger partial charge in [0.05, 0.1) is 35.0 Å². The predicted molar refractivity (Wildman–Crippen MR) is 144 cm³/mol. The van der Waals surface area contributed by atoms with E-state index in [-0.39, 0.29) is 11.6 Å². The highest BCUT2D eigenvalue weighted by Gasteiger charge is 2.33. The van der Waals surface area contributed by atoms with Gasteiger partial charge in [-0.05, 0) is 75.1 Å². The smallest absolute Gasteiger partial charge is 0.271 e. The van der Waals surface area contributed by atoms with Crippen LogP contribution in [0.5, 0.6) is 11.5 Å². The van der Waals surface area contributed by atoms with Crippen LogP contribution in [0.1, 0.15) is 34.0 Å². The Morgan fingerprint density at radius 1 is 1.11 bits per heavy atom. The average molecular weight is 566 g/mol. The topological polar surface area (TPSA) is 52.8 Å². The number of methoxy groups -OCH3 is 2. The van der Waals surface area contributed by atoms with Gasteiger partial charge in [0, 0.05) is 10.4 Å². The number of aromatic nitrogens is 1. The zero-order chi connectivity index (χ0) is 24.1. The Morgan fingerprint density at radius 3 is 2.74 bits per heavy atom. The van der Waals surface area contributed by atoms with Gasteiger partial charge in [0.15, 0.2) is 16.3 Å². The van der Waals surface area contributed by atoms with Gasteiger partial charge in [-0.3, -0.25) is 9.36 Å². The molecule has 1 aliphatic heterocycles. The van der Waals surface area contributed by atoms with E-state index in [0.29, 0.717) is 16.0 Å². The number of hydrogen-bond donors (Lipinski definition) is 0. The number of allylic oxidation sites excluding steroid dienone is 1. The highest BCUT2D eigenvalue weighted by molar-refractivity contribution is 9.10. The van der Waals surface area contributed by atoms with Gasteiger partial charge in [0.2, 0.25) is 0 Å². The number of thiophene rings is 1. The molecule has 176 valence electrons. The molecular formula is C27H21BrN2O3S2. The van der Waals surface area contributed by atoms with E-state index in [2.05, 4.69) is 51.6 Å². The summed E-state index contributed by atoms with van der Waals surface area (Å²) in [7, 11) is 3.20. The molecule has 0 saturated carbocycles. The predicted octanol–water partition coefficient (Wildman–Crippen LogP) is 5.16. The van der Waals surface area contributed by atoms with Crippen molar-refractivity contribution in [3.63, 3.8) is 0 Å². The summed E-state index contributed by atoms with van der Waals surface area (Å²) in [6, 6.07) is 16.3. The van der Waals surface area contributed by atoms with E-state index in [0.717, 1.165) is 38.3 Å². The van der Waals surface area contributed by atoms with Crippen molar-refractivity contribution in [2.75, 3.05) is 14.2 Å². The van der Waals surface area contributed by atoms with Crippen LogP contribution < -0.4 is 24.4 Å². The quantitative estimate of drug-likeness (QED) is 0.344. The summed E-state index contributed by atoms with van der Waals surface area (Å²) in [6.45, 7) is 0. The minimum absolute atomic E-state index is 0.0246. The van der Waals surface area contributed by atoms with Gasteiger partial charge in [0.25, 0.3) is 5.56 Å². The van der Waals surface area contributed by atoms with Crippen LogP contribution in [0.15, 0.2) is 73.7 Å². The fourth-order valence-electron chi connectivity index (χ4n) is 4.89. The van der Waals surface area contributed by atoms with Gasteiger partial charge >= 0.3 is 0 Å². The molecule has 0 radical (unpaired) electrons. The number of nitrogens with zero attached hydrogens (tertiary/aromatic N) is 2. The monoisotopic (exact) mass is 564 g/mol. The highest BCUT2D eigenvalue weighted by Crippen LogP contribution is 2.42. The fraction of sp³-hybridized carbons (Fsp3) is 0.185. The Bertz CT molecular complexity index is 1670.